The number of carbonyl (C=O) groups is 2. The molecule has 0 saturated heterocycles. The highest BCUT2D eigenvalue weighted by Gasteiger charge is 2.09. The largest absolute Gasteiger partial charge is 0.326 e. The predicted molar refractivity (Wildman–Crippen MR) is 102 cm³/mol. The van der Waals surface area contributed by atoms with E-state index in [-0.39, 0.29) is 11.8 Å². The van der Waals surface area contributed by atoms with Gasteiger partial charge in [0.05, 0.1) is 10.7 Å². The first kappa shape index (κ1) is 18.5. The third kappa shape index (κ3) is 5.35. The first-order valence-corrected chi connectivity index (χ1v) is 8.83. The molecule has 2 rings (SSSR count). The van der Waals surface area contributed by atoms with Gasteiger partial charge in [-0.25, -0.2) is 0 Å². The Morgan fingerprint density at radius 2 is 1.79 bits per heavy atom. The fourth-order valence-corrected chi connectivity index (χ4v) is 2.77. The standard InChI is InChI=1S/C18H18BrClN2O2/c1-2-3-4-17(23)21-14-8-5-12(6-9-14)18(24)22-16-10-7-13(19)11-15(16)20/h5-11H,2-4H2,1H3,(H,21,23)(H,22,24). The van der Waals surface area contributed by atoms with Crippen LogP contribution in [0.2, 0.25) is 5.02 Å². The van der Waals surface area contributed by atoms with E-state index in [4.69, 9.17) is 11.6 Å². The van der Waals surface area contributed by atoms with Crippen LogP contribution in [0.3, 0.4) is 0 Å². The van der Waals surface area contributed by atoms with Crippen molar-refractivity contribution in [2.45, 2.75) is 26.2 Å². The van der Waals surface area contributed by atoms with Crippen LogP contribution in [0.15, 0.2) is 46.9 Å². The predicted octanol–water partition coefficient (Wildman–Crippen LogP) is 5.48. The maximum atomic E-state index is 12.3. The van der Waals surface area contributed by atoms with E-state index < -0.39 is 0 Å². The van der Waals surface area contributed by atoms with Crippen LogP contribution >= 0.6 is 27.5 Å². The third-order valence-corrected chi connectivity index (χ3v) is 4.17. The molecule has 0 unspecified atom stereocenters. The Hall–Kier alpha value is -1.85. The average molecular weight is 410 g/mol. The van der Waals surface area contributed by atoms with Crippen molar-refractivity contribution in [3.05, 3.63) is 57.5 Å². The van der Waals surface area contributed by atoms with Gasteiger partial charge in [0.15, 0.2) is 0 Å². The summed E-state index contributed by atoms with van der Waals surface area (Å²) < 4.78 is 0.841. The zero-order chi connectivity index (χ0) is 17.5. The quantitative estimate of drug-likeness (QED) is 0.663. The van der Waals surface area contributed by atoms with Crippen LogP contribution in [0.25, 0.3) is 0 Å². The molecule has 0 saturated carbocycles. The molecule has 0 heterocycles. The van der Waals surface area contributed by atoms with Crippen LogP contribution < -0.4 is 10.6 Å². The summed E-state index contributed by atoms with van der Waals surface area (Å²) in [7, 11) is 0. The zero-order valence-electron chi connectivity index (χ0n) is 13.2. The van der Waals surface area contributed by atoms with Crippen LogP contribution in [0.4, 0.5) is 11.4 Å². The molecule has 24 heavy (non-hydrogen) atoms. The molecule has 2 amide bonds. The maximum absolute atomic E-state index is 12.3. The van der Waals surface area contributed by atoms with E-state index in [1.165, 1.54) is 0 Å². The lowest BCUT2D eigenvalue weighted by atomic mass is 10.1. The third-order valence-electron chi connectivity index (χ3n) is 3.37. The van der Waals surface area contributed by atoms with Gasteiger partial charge in [-0.15, -0.1) is 0 Å². The van der Waals surface area contributed by atoms with Gasteiger partial charge in [0.1, 0.15) is 0 Å². The lowest BCUT2D eigenvalue weighted by Gasteiger charge is -2.09. The Labute approximate surface area is 154 Å². The molecular formula is C18H18BrClN2O2. The molecule has 2 aromatic rings. The van der Waals surface area contributed by atoms with Gasteiger partial charge in [0.2, 0.25) is 5.91 Å². The molecule has 0 spiro atoms. The number of nitrogens with one attached hydrogen (secondary N) is 2. The second kappa shape index (κ2) is 8.85. The first-order valence-electron chi connectivity index (χ1n) is 7.66. The second-order valence-electron chi connectivity index (χ2n) is 5.31. The lowest BCUT2D eigenvalue weighted by Crippen LogP contribution is -2.13. The fraction of sp³-hybridized carbons (Fsp3) is 0.222. The minimum absolute atomic E-state index is 0.0179. The van der Waals surface area contributed by atoms with Gasteiger partial charge >= 0.3 is 0 Å². The summed E-state index contributed by atoms with van der Waals surface area (Å²) in [5.74, 6) is -0.279. The van der Waals surface area contributed by atoms with Gasteiger partial charge in [-0.3, -0.25) is 9.59 Å². The van der Waals surface area contributed by atoms with Crippen molar-refractivity contribution < 1.29 is 9.59 Å². The zero-order valence-corrected chi connectivity index (χ0v) is 15.6. The van der Waals surface area contributed by atoms with Gasteiger partial charge in [-0.05, 0) is 48.9 Å². The summed E-state index contributed by atoms with van der Waals surface area (Å²) >= 11 is 9.41. The smallest absolute Gasteiger partial charge is 0.255 e. The van der Waals surface area contributed by atoms with E-state index in [9.17, 15) is 9.59 Å². The van der Waals surface area contributed by atoms with E-state index in [2.05, 4.69) is 26.6 Å². The Morgan fingerprint density at radius 1 is 1.08 bits per heavy atom. The van der Waals surface area contributed by atoms with Gasteiger partial charge in [0, 0.05) is 22.1 Å². The molecule has 0 aliphatic heterocycles. The molecule has 0 radical (unpaired) electrons. The Morgan fingerprint density at radius 3 is 2.42 bits per heavy atom. The highest BCUT2D eigenvalue weighted by molar-refractivity contribution is 9.10. The summed E-state index contributed by atoms with van der Waals surface area (Å²) in [5, 5.41) is 6.03. The number of hydrogen-bond acceptors (Lipinski definition) is 2. The van der Waals surface area contributed by atoms with Crippen LogP contribution in [0, 0.1) is 0 Å². The van der Waals surface area contributed by atoms with Crippen molar-refractivity contribution in [2.24, 2.45) is 0 Å². The fourth-order valence-electron chi connectivity index (χ4n) is 2.05. The molecule has 6 heteroatoms. The lowest BCUT2D eigenvalue weighted by molar-refractivity contribution is -0.116. The number of unbranched alkanes of at least 4 members (excludes halogenated alkanes) is 1. The van der Waals surface area contributed by atoms with E-state index in [1.807, 2.05) is 6.92 Å². The van der Waals surface area contributed by atoms with Gasteiger partial charge in [0.25, 0.3) is 5.91 Å². The number of anilines is 2. The summed E-state index contributed by atoms with van der Waals surface area (Å²) in [6, 6.07) is 12.0. The molecule has 0 atom stereocenters. The normalized spacial score (nSPS) is 10.3. The molecule has 126 valence electrons. The Kier molecular flexibility index (Phi) is 6.82. The molecule has 0 fully saturated rings. The summed E-state index contributed by atoms with van der Waals surface area (Å²) in [4.78, 5) is 23.9. The van der Waals surface area contributed by atoms with Crippen molar-refractivity contribution in [3.8, 4) is 0 Å². The van der Waals surface area contributed by atoms with Crippen LogP contribution in [0.5, 0.6) is 0 Å². The van der Waals surface area contributed by atoms with Crippen molar-refractivity contribution in [1.82, 2.24) is 0 Å². The van der Waals surface area contributed by atoms with Crippen LogP contribution in [-0.2, 0) is 4.79 Å². The molecular weight excluding hydrogens is 392 g/mol. The molecule has 0 aliphatic rings. The topological polar surface area (TPSA) is 58.2 Å². The van der Waals surface area contributed by atoms with Crippen LogP contribution in [-0.4, -0.2) is 11.8 Å². The van der Waals surface area contributed by atoms with E-state index in [0.717, 1.165) is 17.3 Å². The highest BCUT2D eigenvalue weighted by Crippen LogP contribution is 2.26. The molecule has 0 bridgehead atoms. The molecule has 4 nitrogen and oxygen atoms in total. The minimum Gasteiger partial charge on any atom is -0.326 e. The Bertz CT molecular complexity index is 732. The second-order valence-corrected chi connectivity index (χ2v) is 6.63. The minimum atomic E-state index is -0.261. The van der Waals surface area contributed by atoms with Gasteiger partial charge in [-0.2, -0.15) is 0 Å². The number of carbonyl (C=O) groups excluding carboxylic acids is 2. The monoisotopic (exact) mass is 408 g/mol. The van der Waals surface area contributed by atoms with Crippen molar-refractivity contribution in [1.29, 1.82) is 0 Å². The Balaban J connectivity index is 1.99. The number of amides is 2. The van der Waals surface area contributed by atoms with Crippen molar-refractivity contribution >= 4 is 50.7 Å². The van der Waals surface area contributed by atoms with E-state index >= 15 is 0 Å². The average Bonchev–Trinajstić information content (AvgIpc) is 2.56. The molecule has 2 aromatic carbocycles. The summed E-state index contributed by atoms with van der Waals surface area (Å²) in [6.45, 7) is 2.04. The highest BCUT2D eigenvalue weighted by atomic mass is 79.9. The van der Waals surface area contributed by atoms with E-state index in [0.29, 0.717) is 28.4 Å². The van der Waals surface area contributed by atoms with Crippen LogP contribution in [0.1, 0.15) is 36.5 Å². The van der Waals surface area contributed by atoms with E-state index in [1.54, 1.807) is 42.5 Å². The summed E-state index contributed by atoms with van der Waals surface area (Å²) in [6.07, 6.45) is 2.34. The molecule has 0 aromatic heterocycles. The van der Waals surface area contributed by atoms with Crippen molar-refractivity contribution in [2.75, 3.05) is 10.6 Å². The van der Waals surface area contributed by atoms with Gasteiger partial charge < -0.3 is 10.6 Å². The van der Waals surface area contributed by atoms with Gasteiger partial charge in [-0.1, -0.05) is 40.9 Å². The summed E-state index contributed by atoms with van der Waals surface area (Å²) in [5.41, 5.74) is 1.71. The number of hydrogen-bond donors (Lipinski definition) is 2. The molecule has 2 N–H and O–H groups in total. The molecule has 0 aliphatic carbocycles. The number of benzene rings is 2. The SMILES string of the molecule is CCCCC(=O)Nc1ccc(C(=O)Nc2ccc(Br)cc2Cl)cc1. The first-order chi connectivity index (χ1) is 11.5. The number of halogens is 2. The van der Waals surface area contributed by atoms with Crippen molar-refractivity contribution in [3.63, 3.8) is 0 Å². The number of rotatable bonds is 6. The maximum Gasteiger partial charge on any atom is 0.255 e.